The molecule has 1 aliphatic rings. The molecule has 1 aromatic carbocycles. The van der Waals surface area contributed by atoms with Gasteiger partial charge in [-0.25, -0.2) is 4.79 Å². The Kier molecular flexibility index (Phi) is 4.77. The first-order chi connectivity index (χ1) is 9.54. The zero-order chi connectivity index (χ0) is 14.5. The van der Waals surface area contributed by atoms with Gasteiger partial charge >= 0.3 is 6.09 Å². The molecule has 0 saturated heterocycles. The van der Waals surface area contributed by atoms with Crippen LogP contribution in [-0.2, 0) is 4.74 Å². The topological polar surface area (TPSA) is 55.4 Å². The summed E-state index contributed by atoms with van der Waals surface area (Å²) in [5.41, 5.74) is 1.17. The number of amides is 1. The maximum absolute atomic E-state index is 11.9. The number of anilines is 1. The second kappa shape index (κ2) is 6.55. The molecule has 4 nitrogen and oxygen atoms in total. The molecule has 0 radical (unpaired) electrons. The van der Waals surface area contributed by atoms with Gasteiger partial charge in [0.1, 0.15) is 6.10 Å². The van der Waals surface area contributed by atoms with Gasteiger partial charge in [-0.1, -0.05) is 25.5 Å². The lowest BCUT2D eigenvalue weighted by Crippen LogP contribution is -2.27. The van der Waals surface area contributed by atoms with E-state index in [2.05, 4.69) is 12.2 Å². The summed E-state index contributed by atoms with van der Waals surface area (Å²) in [6.07, 6.45) is 3.76. The van der Waals surface area contributed by atoms with E-state index < -0.39 is 6.09 Å². The van der Waals surface area contributed by atoms with Crippen molar-refractivity contribution in [3.8, 4) is 0 Å². The van der Waals surface area contributed by atoms with Crippen molar-refractivity contribution in [1.29, 1.82) is 0 Å². The summed E-state index contributed by atoms with van der Waals surface area (Å²) >= 11 is 0. The van der Waals surface area contributed by atoms with Crippen LogP contribution in [0.5, 0.6) is 0 Å². The molecule has 1 N–H and O–H groups in total. The highest BCUT2D eigenvalue weighted by atomic mass is 16.6. The summed E-state index contributed by atoms with van der Waals surface area (Å²) in [5, 5.41) is 2.69. The van der Waals surface area contributed by atoms with Crippen LogP contribution in [0, 0.1) is 5.92 Å². The number of carbonyl (C=O) groups excluding carboxylic acids is 2. The highest BCUT2D eigenvalue weighted by molar-refractivity contribution is 5.96. The van der Waals surface area contributed by atoms with Crippen LogP contribution in [-0.4, -0.2) is 18.0 Å². The summed E-state index contributed by atoms with van der Waals surface area (Å²) in [6, 6.07) is 6.88. The molecule has 0 spiro atoms. The fourth-order valence-corrected chi connectivity index (χ4v) is 2.60. The van der Waals surface area contributed by atoms with Gasteiger partial charge in [0.25, 0.3) is 0 Å². The van der Waals surface area contributed by atoms with E-state index in [0.717, 1.165) is 19.3 Å². The first kappa shape index (κ1) is 14.6. The van der Waals surface area contributed by atoms with Gasteiger partial charge in [-0.2, -0.15) is 0 Å². The van der Waals surface area contributed by atoms with Crippen molar-refractivity contribution in [3.05, 3.63) is 29.8 Å². The Labute approximate surface area is 119 Å². The Morgan fingerprint density at radius 1 is 1.30 bits per heavy atom. The van der Waals surface area contributed by atoms with Gasteiger partial charge in [0, 0.05) is 11.3 Å². The van der Waals surface area contributed by atoms with Crippen LogP contribution in [0.4, 0.5) is 10.5 Å². The number of hydrogen-bond acceptors (Lipinski definition) is 3. The Morgan fingerprint density at radius 2 is 2.10 bits per heavy atom. The first-order valence-electron chi connectivity index (χ1n) is 7.13. The number of ketones is 1. The number of ether oxygens (including phenoxy) is 1. The van der Waals surface area contributed by atoms with E-state index >= 15 is 0 Å². The van der Waals surface area contributed by atoms with Crippen molar-refractivity contribution in [2.75, 3.05) is 5.32 Å². The number of rotatable bonds is 3. The molecule has 108 valence electrons. The lowest BCUT2D eigenvalue weighted by molar-refractivity contribution is 0.0723. The molecule has 1 amide bonds. The van der Waals surface area contributed by atoms with Crippen molar-refractivity contribution in [2.24, 2.45) is 5.92 Å². The Morgan fingerprint density at radius 3 is 2.80 bits per heavy atom. The molecule has 2 rings (SSSR count). The van der Waals surface area contributed by atoms with Crippen molar-refractivity contribution in [3.63, 3.8) is 0 Å². The highest BCUT2D eigenvalue weighted by Gasteiger charge is 2.22. The SMILES string of the molecule is CC(=O)c1cccc(NC(=O)O[C@@H]2CCC[C@@H](C)C2)c1. The molecular formula is C16H21NO3. The Bertz CT molecular complexity index is 498. The predicted molar refractivity (Wildman–Crippen MR) is 78.0 cm³/mol. The molecule has 0 aliphatic heterocycles. The van der Waals surface area contributed by atoms with Crippen LogP contribution in [0.25, 0.3) is 0 Å². The summed E-state index contributed by atoms with van der Waals surface area (Å²) in [6.45, 7) is 3.69. The third-order valence-corrected chi connectivity index (χ3v) is 3.68. The van der Waals surface area contributed by atoms with Gasteiger partial charge in [-0.3, -0.25) is 10.1 Å². The second-order valence-corrected chi connectivity index (χ2v) is 5.56. The molecular weight excluding hydrogens is 254 g/mol. The highest BCUT2D eigenvalue weighted by Crippen LogP contribution is 2.26. The van der Waals surface area contributed by atoms with Crippen LogP contribution in [0.15, 0.2) is 24.3 Å². The minimum atomic E-state index is -0.440. The quantitative estimate of drug-likeness (QED) is 0.848. The van der Waals surface area contributed by atoms with E-state index in [0.29, 0.717) is 17.2 Å². The first-order valence-corrected chi connectivity index (χ1v) is 7.13. The third-order valence-electron chi connectivity index (χ3n) is 3.68. The normalized spacial score (nSPS) is 22.1. The largest absolute Gasteiger partial charge is 0.446 e. The summed E-state index contributed by atoms with van der Waals surface area (Å²) in [4.78, 5) is 23.1. The van der Waals surface area contributed by atoms with Gasteiger partial charge in [-0.15, -0.1) is 0 Å². The Balaban J connectivity index is 1.91. The van der Waals surface area contributed by atoms with E-state index in [1.54, 1.807) is 24.3 Å². The number of carbonyl (C=O) groups is 2. The number of benzene rings is 1. The van der Waals surface area contributed by atoms with Gasteiger partial charge in [-0.05, 0) is 44.2 Å². The van der Waals surface area contributed by atoms with Crippen LogP contribution < -0.4 is 5.32 Å². The van der Waals surface area contributed by atoms with Gasteiger partial charge in [0.15, 0.2) is 5.78 Å². The molecule has 0 unspecified atom stereocenters. The Hall–Kier alpha value is -1.84. The van der Waals surface area contributed by atoms with E-state index in [1.807, 2.05) is 0 Å². The van der Waals surface area contributed by atoms with Gasteiger partial charge < -0.3 is 4.74 Å². The molecule has 20 heavy (non-hydrogen) atoms. The van der Waals surface area contributed by atoms with Crippen molar-refractivity contribution >= 4 is 17.6 Å². The van der Waals surface area contributed by atoms with Crippen molar-refractivity contribution in [1.82, 2.24) is 0 Å². The molecule has 0 aromatic heterocycles. The number of nitrogens with one attached hydrogen (secondary N) is 1. The number of Topliss-reactive ketones (excluding diaryl/α,β-unsaturated/α-hetero) is 1. The molecule has 4 heteroatoms. The molecule has 1 aromatic rings. The van der Waals surface area contributed by atoms with Gasteiger partial charge in [0.2, 0.25) is 0 Å². The van der Waals surface area contributed by atoms with E-state index in [1.165, 1.54) is 13.3 Å². The zero-order valence-electron chi connectivity index (χ0n) is 12.0. The van der Waals surface area contributed by atoms with E-state index in [9.17, 15) is 9.59 Å². The molecule has 1 saturated carbocycles. The third kappa shape index (κ3) is 4.08. The van der Waals surface area contributed by atoms with Crippen LogP contribution >= 0.6 is 0 Å². The summed E-state index contributed by atoms with van der Waals surface area (Å²) < 4.78 is 5.43. The van der Waals surface area contributed by atoms with Crippen LogP contribution in [0.2, 0.25) is 0 Å². The average Bonchev–Trinajstić information content (AvgIpc) is 2.38. The fourth-order valence-electron chi connectivity index (χ4n) is 2.60. The van der Waals surface area contributed by atoms with E-state index in [-0.39, 0.29) is 11.9 Å². The van der Waals surface area contributed by atoms with Crippen molar-refractivity contribution < 1.29 is 14.3 Å². The maximum Gasteiger partial charge on any atom is 0.411 e. The lowest BCUT2D eigenvalue weighted by Gasteiger charge is -2.26. The minimum Gasteiger partial charge on any atom is -0.446 e. The molecule has 2 atom stereocenters. The second-order valence-electron chi connectivity index (χ2n) is 5.56. The predicted octanol–water partition coefficient (Wildman–Crippen LogP) is 4.02. The lowest BCUT2D eigenvalue weighted by atomic mass is 9.89. The molecule has 0 heterocycles. The maximum atomic E-state index is 11.9. The zero-order valence-corrected chi connectivity index (χ0v) is 12.0. The van der Waals surface area contributed by atoms with Crippen molar-refractivity contribution in [2.45, 2.75) is 45.6 Å². The number of hydrogen-bond donors (Lipinski definition) is 1. The molecule has 0 bridgehead atoms. The standard InChI is InChI=1S/C16H21NO3/c1-11-5-3-8-15(9-11)20-16(19)17-14-7-4-6-13(10-14)12(2)18/h4,6-7,10-11,15H,3,5,8-9H2,1-2H3,(H,17,19)/t11-,15-/m1/s1. The minimum absolute atomic E-state index is 0.00902. The van der Waals surface area contributed by atoms with Gasteiger partial charge in [0.05, 0.1) is 0 Å². The fraction of sp³-hybridized carbons (Fsp3) is 0.500. The molecule has 1 aliphatic carbocycles. The smallest absolute Gasteiger partial charge is 0.411 e. The molecule has 1 fully saturated rings. The average molecular weight is 275 g/mol. The monoisotopic (exact) mass is 275 g/mol. The van der Waals surface area contributed by atoms with Crippen LogP contribution in [0.3, 0.4) is 0 Å². The van der Waals surface area contributed by atoms with E-state index in [4.69, 9.17) is 4.74 Å². The summed E-state index contributed by atoms with van der Waals surface area (Å²) in [5.74, 6) is 0.589. The van der Waals surface area contributed by atoms with Crippen LogP contribution in [0.1, 0.15) is 49.9 Å². The summed E-state index contributed by atoms with van der Waals surface area (Å²) in [7, 11) is 0.